The van der Waals surface area contributed by atoms with Crippen LogP contribution in [0.3, 0.4) is 0 Å². The fourth-order valence-corrected chi connectivity index (χ4v) is 3.53. The summed E-state index contributed by atoms with van der Waals surface area (Å²) in [4.78, 5) is 14.3. The normalized spacial score (nSPS) is 12.7. The summed E-state index contributed by atoms with van der Waals surface area (Å²) in [6, 6.07) is 20.2. The number of carbonyl (C=O) groups is 1. The van der Waals surface area contributed by atoms with Gasteiger partial charge in [-0.15, -0.1) is 0 Å². The van der Waals surface area contributed by atoms with Crippen LogP contribution in [0.15, 0.2) is 70.5 Å². The summed E-state index contributed by atoms with van der Waals surface area (Å²) in [6.07, 6.45) is 0. The SMILES string of the molecule is O=C1Nc2ccc(Sc3ccccc3)c3cccc1c23. The molecule has 0 spiro atoms. The molecule has 0 fully saturated rings. The van der Waals surface area contributed by atoms with Crippen LogP contribution in [-0.4, -0.2) is 5.91 Å². The molecule has 1 N–H and O–H groups in total. The lowest BCUT2D eigenvalue weighted by Crippen LogP contribution is -2.03. The quantitative estimate of drug-likeness (QED) is 0.744. The number of benzene rings is 3. The van der Waals surface area contributed by atoms with E-state index in [0.717, 1.165) is 22.0 Å². The fourth-order valence-electron chi connectivity index (χ4n) is 2.57. The Kier molecular flexibility index (Phi) is 2.54. The van der Waals surface area contributed by atoms with Crippen LogP contribution in [0.5, 0.6) is 0 Å². The minimum atomic E-state index is -0.00698. The van der Waals surface area contributed by atoms with Crippen molar-refractivity contribution in [1.29, 1.82) is 0 Å². The number of hydrogen-bond donors (Lipinski definition) is 1. The largest absolute Gasteiger partial charge is 0.321 e. The van der Waals surface area contributed by atoms with E-state index >= 15 is 0 Å². The van der Waals surface area contributed by atoms with Crippen molar-refractivity contribution < 1.29 is 4.79 Å². The van der Waals surface area contributed by atoms with Crippen LogP contribution < -0.4 is 5.32 Å². The van der Waals surface area contributed by atoms with Gasteiger partial charge in [-0.05, 0) is 35.7 Å². The Hall–Kier alpha value is -2.26. The van der Waals surface area contributed by atoms with Gasteiger partial charge in [-0.2, -0.15) is 0 Å². The Morgan fingerprint density at radius 2 is 1.70 bits per heavy atom. The molecule has 4 rings (SSSR count). The average molecular weight is 277 g/mol. The predicted octanol–water partition coefficient (Wildman–Crippen LogP) is 4.56. The average Bonchev–Trinajstić information content (AvgIpc) is 2.82. The van der Waals surface area contributed by atoms with Gasteiger partial charge in [-0.1, -0.05) is 42.1 Å². The summed E-state index contributed by atoms with van der Waals surface area (Å²) in [5, 5.41) is 5.09. The van der Waals surface area contributed by atoms with Gasteiger partial charge in [-0.25, -0.2) is 0 Å². The van der Waals surface area contributed by atoms with E-state index < -0.39 is 0 Å². The molecule has 0 aromatic heterocycles. The van der Waals surface area contributed by atoms with E-state index in [1.807, 2.05) is 36.4 Å². The van der Waals surface area contributed by atoms with Crippen molar-refractivity contribution in [3.05, 3.63) is 66.2 Å². The molecule has 0 unspecified atom stereocenters. The Labute approximate surface area is 120 Å². The highest BCUT2D eigenvalue weighted by Gasteiger charge is 2.22. The minimum absolute atomic E-state index is 0.00698. The molecule has 3 aromatic carbocycles. The van der Waals surface area contributed by atoms with Crippen molar-refractivity contribution in [2.24, 2.45) is 0 Å². The number of nitrogens with one attached hydrogen (secondary N) is 1. The van der Waals surface area contributed by atoms with Gasteiger partial charge in [0.05, 0.1) is 0 Å². The molecule has 1 amide bonds. The minimum Gasteiger partial charge on any atom is -0.321 e. The standard InChI is InChI=1S/C17H11NOS/c19-17-13-8-4-7-12-15(10-9-14(18-17)16(12)13)20-11-5-2-1-3-6-11/h1-10H,(H,18,19). The lowest BCUT2D eigenvalue weighted by molar-refractivity contribution is 0.103. The Morgan fingerprint density at radius 3 is 2.55 bits per heavy atom. The molecule has 0 aliphatic carbocycles. The Bertz CT molecular complexity index is 827. The van der Waals surface area contributed by atoms with Crippen LogP contribution in [0.2, 0.25) is 0 Å². The van der Waals surface area contributed by atoms with E-state index in [9.17, 15) is 4.79 Å². The van der Waals surface area contributed by atoms with Crippen molar-refractivity contribution in [2.45, 2.75) is 9.79 Å². The second kappa shape index (κ2) is 4.39. The van der Waals surface area contributed by atoms with Gasteiger partial charge in [0.2, 0.25) is 0 Å². The maximum absolute atomic E-state index is 11.9. The van der Waals surface area contributed by atoms with Crippen LogP contribution in [0, 0.1) is 0 Å². The second-order valence-electron chi connectivity index (χ2n) is 4.71. The van der Waals surface area contributed by atoms with E-state index in [1.54, 1.807) is 11.8 Å². The molecule has 0 saturated carbocycles. The molecule has 0 saturated heterocycles. The zero-order valence-corrected chi connectivity index (χ0v) is 11.4. The van der Waals surface area contributed by atoms with Crippen molar-refractivity contribution in [3.63, 3.8) is 0 Å². The Morgan fingerprint density at radius 1 is 0.850 bits per heavy atom. The van der Waals surface area contributed by atoms with Crippen LogP contribution in [-0.2, 0) is 0 Å². The fraction of sp³-hybridized carbons (Fsp3) is 0. The first-order valence-electron chi connectivity index (χ1n) is 6.43. The monoisotopic (exact) mass is 277 g/mol. The lowest BCUT2D eigenvalue weighted by Gasteiger charge is -2.07. The molecule has 1 aliphatic heterocycles. The molecular weight excluding hydrogens is 266 g/mol. The lowest BCUT2D eigenvalue weighted by atomic mass is 10.1. The highest BCUT2D eigenvalue weighted by molar-refractivity contribution is 7.99. The van der Waals surface area contributed by atoms with Crippen molar-refractivity contribution in [2.75, 3.05) is 5.32 Å². The van der Waals surface area contributed by atoms with Gasteiger partial charge in [0.1, 0.15) is 0 Å². The first-order valence-corrected chi connectivity index (χ1v) is 7.24. The van der Waals surface area contributed by atoms with Gasteiger partial charge in [0.25, 0.3) is 5.91 Å². The number of amides is 1. The number of hydrogen-bond acceptors (Lipinski definition) is 2. The molecule has 0 radical (unpaired) electrons. The summed E-state index contributed by atoms with van der Waals surface area (Å²) < 4.78 is 0. The van der Waals surface area contributed by atoms with Gasteiger partial charge >= 0.3 is 0 Å². The third-order valence-corrected chi connectivity index (χ3v) is 4.55. The van der Waals surface area contributed by atoms with Crippen molar-refractivity contribution in [3.8, 4) is 0 Å². The maximum Gasteiger partial charge on any atom is 0.256 e. The smallest absolute Gasteiger partial charge is 0.256 e. The van der Waals surface area contributed by atoms with Crippen LogP contribution in [0.25, 0.3) is 10.8 Å². The zero-order chi connectivity index (χ0) is 13.5. The molecule has 20 heavy (non-hydrogen) atoms. The Balaban J connectivity index is 1.90. The number of rotatable bonds is 2. The first-order chi connectivity index (χ1) is 9.83. The predicted molar refractivity (Wildman–Crippen MR) is 82.5 cm³/mol. The number of anilines is 1. The molecule has 96 valence electrons. The van der Waals surface area contributed by atoms with Gasteiger partial charge in [-0.3, -0.25) is 4.79 Å². The van der Waals surface area contributed by atoms with Crippen LogP contribution >= 0.6 is 11.8 Å². The first kappa shape index (κ1) is 11.6. The van der Waals surface area contributed by atoms with E-state index in [0.29, 0.717) is 0 Å². The molecule has 0 bridgehead atoms. The molecule has 1 heterocycles. The molecular formula is C17H11NOS. The zero-order valence-electron chi connectivity index (χ0n) is 10.6. The van der Waals surface area contributed by atoms with E-state index in [-0.39, 0.29) is 5.91 Å². The maximum atomic E-state index is 11.9. The summed E-state index contributed by atoms with van der Waals surface area (Å²) in [5.74, 6) is -0.00698. The van der Waals surface area contributed by atoms with E-state index in [4.69, 9.17) is 0 Å². The van der Waals surface area contributed by atoms with Gasteiger partial charge in [0, 0.05) is 26.4 Å². The van der Waals surface area contributed by atoms with E-state index in [1.165, 1.54) is 9.79 Å². The molecule has 1 aliphatic rings. The van der Waals surface area contributed by atoms with Crippen molar-refractivity contribution >= 4 is 34.1 Å². The summed E-state index contributed by atoms with van der Waals surface area (Å²) in [7, 11) is 0. The highest BCUT2D eigenvalue weighted by Crippen LogP contribution is 2.40. The van der Waals surface area contributed by atoms with E-state index in [2.05, 4.69) is 29.6 Å². The van der Waals surface area contributed by atoms with Gasteiger partial charge < -0.3 is 5.32 Å². The summed E-state index contributed by atoms with van der Waals surface area (Å²) in [6.45, 7) is 0. The topological polar surface area (TPSA) is 29.1 Å². The highest BCUT2D eigenvalue weighted by atomic mass is 32.2. The van der Waals surface area contributed by atoms with Gasteiger partial charge in [0.15, 0.2) is 0 Å². The van der Waals surface area contributed by atoms with Crippen molar-refractivity contribution in [1.82, 2.24) is 0 Å². The molecule has 2 nitrogen and oxygen atoms in total. The molecule has 0 atom stereocenters. The molecule has 3 aromatic rings. The summed E-state index contributed by atoms with van der Waals surface area (Å²) in [5.41, 5.74) is 1.69. The summed E-state index contributed by atoms with van der Waals surface area (Å²) >= 11 is 1.72. The third-order valence-electron chi connectivity index (χ3n) is 3.46. The van der Waals surface area contributed by atoms with Crippen LogP contribution in [0.4, 0.5) is 5.69 Å². The molecule has 3 heteroatoms. The third kappa shape index (κ3) is 1.71. The number of carbonyl (C=O) groups excluding carboxylic acids is 1. The second-order valence-corrected chi connectivity index (χ2v) is 5.82. The van der Waals surface area contributed by atoms with Crippen LogP contribution in [0.1, 0.15) is 10.4 Å².